The van der Waals surface area contributed by atoms with Gasteiger partial charge in [-0.3, -0.25) is 4.79 Å². The number of fused-ring (bicyclic) bond motifs is 1. The number of hydrogen-bond acceptors (Lipinski definition) is 4. The number of likely N-dealkylation sites (tertiary alicyclic amines) is 1. The zero-order chi connectivity index (χ0) is 22.7. The van der Waals surface area contributed by atoms with Crippen molar-refractivity contribution < 1.29 is 13.6 Å². The molecule has 0 spiro atoms. The maximum atomic E-state index is 13.5. The van der Waals surface area contributed by atoms with Gasteiger partial charge in [0.2, 0.25) is 0 Å². The maximum absolute atomic E-state index is 13.5. The van der Waals surface area contributed by atoms with Gasteiger partial charge in [0, 0.05) is 24.6 Å². The van der Waals surface area contributed by atoms with E-state index in [0.717, 1.165) is 12.0 Å². The number of piperidine rings is 1. The summed E-state index contributed by atoms with van der Waals surface area (Å²) >= 11 is 0. The molecule has 1 saturated heterocycles. The minimum absolute atomic E-state index is 0.0223. The van der Waals surface area contributed by atoms with Crippen molar-refractivity contribution >= 4 is 11.7 Å². The number of benzene rings is 1. The molecule has 1 aromatic carbocycles. The van der Waals surface area contributed by atoms with Crippen LogP contribution in [0.4, 0.5) is 8.78 Å². The largest absolute Gasteiger partial charge is 0.338 e. The van der Waals surface area contributed by atoms with Crippen LogP contribution in [0.1, 0.15) is 96.1 Å². The molecule has 33 heavy (non-hydrogen) atoms. The summed E-state index contributed by atoms with van der Waals surface area (Å²) in [5, 5.41) is 4.22. The zero-order valence-electron chi connectivity index (χ0n) is 18.6. The van der Waals surface area contributed by atoms with E-state index in [1.54, 1.807) is 0 Å². The van der Waals surface area contributed by atoms with E-state index >= 15 is 0 Å². The topological polar surface area (TPSA) is 63.4 Å². The van der Waals surface area contributed by atoms with E-state index in [0.29, 0.717) is 30.6 Å². The summed E-state index contributed by atoms with van der Waals surface area (Å²) in [5.41, 5.74) is 3.88. The molecule has 3 aromatic rings. The molecule has 2 saturated carbocycles. The van der Waals surface area contributed by atoms with Gasteiger partial charge in [-0.2, -0.15) is 10.1 Å². The van der Waals surface area contributed by atoms with Gasteiger partial charge >= 0.3 is 0 Å². The smallest absolute Gasteiger partial charge is 0.280 e. The van der Waals surface area contributed by atoms with Crippen LogP contribution in [0.2, 0.25) is 0 Å². The average Bonchev–Trinajstić information content (AvgIpc) is 3.75. The minimum Gasteiger partial charge on any atom is -0.338 e. The second-order valence-electron chi connectivity index (χ2n) is 9.89. The molecular formula is C25H27F2N5O. The molecule has 8 heteroatoms. The molecule has 6 nitrogen and oxygen atoms in total. The first-order chi connectivity index (χ1) is 16.0. The Hall–Kier alpha value is -2.90. The molecule has 6 rings (SSSR count). The highest BCUT2D eigenvalue weighted by molar-refractivity contribution is 5.94. The Morgan fingerprint density at radius 1 is 1.06 bits per heavy atom. The van der Waals surface area contributed by atoms with E-state index in [1.807, 2.05) is 11.0 Å². The summed E-state index contributed by atoms with van der Waals surface area (Å²) in [5.74, 6) is 1.56. The zero-order valence-corrected chi connectivity index (χ0v) is 18.6. The van der Waals surface area contributed by atoms with Crippen molar-refractivity contribution in [1.29, 1.82) is 0 Å². The highest BCUT2D eigenvalue weighted by atomic mass is 19.3. The Labute approximate surface area is 191 Å². The molecule has 3 aliphatic rings. The van der Waals surface area contributed by atoms with Gasteiger partial charge in [0.1, 0.15) is 12.0 Å². The Balaban J connectivity index is 1.30. The second kappa shape index (κ2) is 7.85. The maximum Gasteiger partial charge on any atom is 0.280 e. The SMILES string of the molecule is C[C@@H]1CCN(C(=O)c2ccc(C3CC3)c(C3CC3)c2)C[C@H]1c1cc(C(F)F)nc2ncnn12. The molecule has 0 N–H and O–H groups in total. The lowest BCUT2D eigenvalue weighted by atomic mass is 9.84. The van der Waals surface area contributed by atoms with Crippen molar-refractivity contribution in [2.45, 2.75) is 63.2 Å². The molecule has 2 aliphatic carbocycles. The Morgan fingerprint density at radius 3 is 2.55 bits per heavy atom. The number of aromatic nitrogens is 4. The van der Waals surface area contributed by atoms with Crippen molar-refractivity contribution in [1.82, 2.24) is 24.5 Å². The van der Waals surface area contributed by atoms with Gasteiger partial charge in [-0.05, 0) is 79.2 Å². The van der Waals surface area contributed by atoms with Crippen LogP contribution in [0.3, 0.4) is 0 Å². The predicted octanol–water partition coefficient (Wildman–Crippen LogP) is 5.08. The molecule has 3 heterocycles. The van der Waals surface area contributed by atoms with Crippen molar-refractivity contribution in [3.05, 3.63) is 58.7 Å². The van der Waals surface area contributed by atoms with Crippen LogP contribution in [0.25, 0.3) is 5.78 Å². The van der Waals surface area contributed by atoms with Crippen LogP contribution in [-0.4, -0.2) is 43.5 Å². The van der Waals surface area contributed by atoms with Crippen molar-refractivity contribution in [3.8, 4) is 0 Å². The fourth-order valence-electron chi connectivity index (χ4n) is 5.27. The quantitative estimate of drug-likeness (QED) is 0.543. The third kappa shape index (κ3) is 3.79. The Morgan fingerprint density at radius 2 is 1.82 bits per heavy atom. The first-order valence-corrected chi connectivity index (χ1v) is 11.9. The van der Waals surface area contributed by atoms with E-state index in [9.17, 15) is 13.6 Å². The van der Waals surface area contributed by atoms with Crippen LogP contribution in [0.15, 0.2) is 30.6 Å². The molecule has 2 atom stereocenters. The van der Waals surface area contributed by atoms with Crippen LogP contribution in [-0.2, 0) is 0 Å². The lowest BCUT2D eigenvalue weighted by molar-refractivity contribution is 0.0665. The Kier molecular flexibility index (Phi) is 4.92. The second-order valence-corrected chi connectivity index (χ2v) is 9.89. The lowest BCUT2D eigenvalue weighted by Crippen LogP contribution is -2.42. The molecule has 0 bridgehead atoms. The summed E-state index contributed by atoms with van der Waals surface area (Å²) in [6, 6.07) is 7.69. The van der Waals surface area contributed by atoms with Gasteiger partial charge in [-0.15, -0.1) is 0 Å². The van der Waals surface area contributed by atoms with E-state index in [2.05, 4.69) is 34.1 Å². The van der Waals surface area contributed by atoms with Crippen molar-refractivity contribution in [2.24, 2.45) is 5.92 Å². The molecule has 172 valence electrons. The van der Waals surface area contributed by atoms with Gasteiger partial charge in [0.25, 0.3) is 18.1 Å². The molecule has 1 aliphatic heterocycles. The van der Waals surface area contributed by atoms with E-state index in [1.165, 1.54) is 53.7 Å². The van der Waals surface area contributed by atoms with Gasteiger partial charge in [-0.1, -0.05) is 13.0 Å². The number of amides is 1. The first kappa shape index (κ1) is 20.7. The average molecular weight is 452 g/mol. The monoisotopic (exact) mass is 451 g/mol. The fraction of sp³-hybridized carbons (Fsp3) is 0.520. The number of alkyl halides is 2. The minimum atomic E-state index is -2.69. The Bertz CT molecular complexity index is 1220. The van der Waals surface area contributed by atoms with E-state index < -0.39 is 6.43 Å². The summed E-state index contributed by atoms with van der Waals surface area (Å²) in [4.78, 5) is 23.4. The lowest BCUT2D eigenvalue weighted by Gasteiger charge is -2.37. The normalized spacial score (nSPS) is 23.5. The summed E-state index contributed by atoms with van der Waals surface area (Å²) in [7, 11) is 0. The van der Waals surface area contributed by atoms with E-state index in [-0.39, 0.29) is 29.2 Å². The number of halogens is 2. The first-order valence-electron chi connectivity index (χ1n) is 11.9. The number of hydrogen-bond donors (Lipinski definition) is 0. The molecule has 3 fully saturated rings. The predicted molar refractivity (Wildman–Crippen MR) is 119 cm³/mol. The van der Waals surface area contributed by atoms with Gasteiger partial charge in [-0.25, -0.2) is 18.3 Å². The van der Waals surface area contributed by atoms with Crippen LogP contribution in [0, 0.1) is 5.92 Å². The number of carbonyl (C=O) groups excluding carboxylic acids is 1. The number of rotatable bonds is 5. The van der Waals surface area contributed by atoms with Crippen molar-refractivity contribution in [3.63, 3.8) is 0 Å². The third-order valence-corrected chi connectivity index (χ3v) is 7.52. The fourth-order valence-corrected chi connectivity index (χ4v) is 5.27. The number of nitrogens with zero attached hydrogens (tertiary/aromatic N) is 5. The van der Waals surface area contributed by atoms with E-state index in [4.69, 9.17) is 0 Å². The summed E-state index contributed by atoms with van der Waals surface area (Å²) in [6.07, 6.45) is 4.37. The molecule has 0 radical (unpaired) electrons. The summed E-state index contributed by atoms with van der Waals surface area (Å²) in [6.45, 7) is 3.23. The van der Waals surface area contributed by atoms with Gasteiger partial charge in [0.15, 0.2) is 0 Å². The standard InChI is InChI=1S/C25H27F2N5O/c1-14-8-9-31(12-20(14)22-11-21(23(26)27)30-25-28-13-29-32(22)25)24(33)17-6-7-18(15-2-3-15)19(10-17)16-4-5-16/h6-7,10-11,13-16,20,23H,2-5,8-9,12H2,1H3/t14-,20-/m1/s1. The summed E-state index contributed by atoms with van der Waals surface area (Å²) < 4.78 is 28.5. The third-order valence-electron chi connectivity index (χ3n) is 7.52. The number of carbonyl (C=O) groups is 1. The highest BCUT2D eigenvalue weighted by Gasteiger charge is 2.36. The molecule has 1 amide bonds. The molecule has 0 unspecified atom stereocenters. The van der Waals surface area contributed by atoms with Crippen LogP contribution < -0.4 is 0 Å². The molecular weight excluding hydrogens is 424 g/mol. The van der Waals surface area contributed by atoms with Gasteiger partial charge < -0.3 is 4.90 Å². The van der Waals surface area contributed by atoms with Crippen LogP contribution in [0.5, 0.6) is 0 Å². The van der Waals surface area contributed by atoms with Crippen molar-refractivity contribution in [2.75, 3.05) is 13.1 Å². The highest BCUT2D eigenvalue weighted by Crippen LogP contribution is 2.49. The molecule has 2 aromatic heterocycles. The van der Waals surface area contributed by atoms with Crippen LogP contribution >= 0.6 is 0 Å². The van der Waals surface area contributed by atoms with Gasteiger partial charge in [0.05, 0.1) is 5.69 Å².